The van der Waals surface area contributed by atoms with E-state index in [9.17, 15) is 4.79 Å². The minimum Gasteiger partial charge on any atom is -0.395 e. The molecule has 0 spiro atoms. The van der Waals surface area contributed by atoms with Gasteiger partial charge in [0.05, 0.1) is 13.2 Å². The molecule has 1 amide bonds. The van der Waals surface area contributed by atoms with E-state index >= 15 is 0 Å². The fourth-order valence-electron chi connectivity index (χ4n) is 2.09. The van der Waals surface area contributed by atoms with E-state index in [-0.39, 0.29) is 12.5 Å². The summed E-state index contributed by atoms with van der Waals surface area (Å²) in [7, 11) is 1.60. The van der Waals surface area contributed by atoms with Crippen LogP contribution in [0.1, 0.15) is 29.3 Å². The van der Waals surface area contributed by atoms with Crippen molar-refractivity contribution in [1.29, 1.82) is 0 Å². The number of aryl methyl sites for hydroxylation is 1. The van der Waals surface area contributed by atoms with Crippen LogP contribution < -0.4 is 5.32 Å². The van der Waals surface area contributed by atoms with Gasteiger partial charge in [-0.1, -0.05) is 6.92 Å². The number of hydrogen-bond acceptors (Lipinski definition) is 4. The van der Waals surface area contributed by atoms with Crippen molar-refractivity contribution in [3.63, 3.8) is 0 Å². The van der Waals surface area contributed by atoms with E-state index in [0.717, 1.165) is 24.2 Å². The molecule has 0 radical (unpaired) electrons. The van der Waals surface area contributed by atoms with Crippen LogP contribution in [0.2, 0.25) is 0 Å². The van der Waals surface area contributed by atoms with Gasteiger partial charge in [-0.3, -0.25) is 4.79 Å². The first-order chi connectivity index (χ1) is 10.1. The normalized spacial score (nSPS) is 10.5. The number of amides is 1. The molecule has 21 heavy (non-hydrogen) atoms. The number of aliphatic hydroxyl groups is 1. The quantitative estimate of drug-likeness (QED) is 0.730. The second-order valence-corrected chi connectivity index (χ2v) is 4.97. The van der Waals surface area contributed by atoms with Crippen LogP contribution in [-0.2, 0) is 4.74 Å². The smallest absolute Gasteiger partial charge is 0.254 e. The van der Waals surface area contributed by atoms with Crippen LogP contribution in [0.15, 0.2) is 18.2 Å². The van der Waals surface area contributed by atoms with Crippen molar-refractivity contribution in [1.82, 2.24) is 4.90 Å². The van der Waals surface area contributed by atoms with Gasteiger partial charge in [-0.15, -0.1) is 0 Å². The number of rotatable bonds is 9. The van der Waals surface area contributed by atoms with Crippen LogP contribution in [0.3, 0.4) is 0 Å². The summed E-state index contributed by atoms with van der Waals surface area (Å²) in [5, 5.41) is 12.4. The van der Waals surface area contributed by atoms with Crippen LogP contribution >= 0.6 is 0 Å². The van der Waals surface area contributed by atoms with Crippen LogP contribution in [0.25, 0.3) is 0 Å². The minimum absolute atomic E-state index is 0.0510. The second kappa shape index (κ2) is 9.37. The Morgan fingerprint density at radius 3 is 2.71 bits per heavy atom. The molecule has 118 valence electrons. The van der Waals surface area contributed by atoms with Crippen molar-refractivity contribution in [2.75, 3.05) is 45.3 Å². The molecule has 0 atom stereocenters. The molecule has 1 aromatic rings. The third-order valence-corrected chi connectivity index (χ3v) is 3.26. The van der Waals surface area contributed by atoms with Gasteiger partial charge in [-0.25, -0.2) is 0 Å². The first-order valence-corrected chi connectivity index (χ1v) is 7.37. The molecule has 0 aliphatic heterocycles. The second-order valence-electron chi connectivity index (χ2n) is 4.97. The Balaban J connectivity index is 2.83. The Morgan fingerprint density at radius 1 is 1.38 bits per heavy atom. The zero-order chi connectivity index (χ0) is 15.7. The molecule has 2 N–H and O–H groups in total. The highest BCUT2D eigenvalue weighted by Gasteiger charge is 2.17. The standard InChI is InChI=1S/C16H26N2O3/c1-4-7-17-14-5-6-15(13(2)12-14)16(20)18(8-10-19)9-11-21-3/h5-6,12,17,19H,4,7-11H2,1-3H3. The number of benzene rings is 1. The molecule has 0 fully saturated rings. The molecular weight excluding hydrogens is 268 g/mol. The Labute approximate surface area is 126 Å². The number of carbonyl (C=O) groups is 1. The molecule has 1 aromatic carbocycles. The summed E-state index contributed by atoms with van der Waals surface area (Å²) in [4.78, 5) is 14.1. The molecule has 0 aromatic heterocycles. The Morgan fingerprint density at radius 2 is 2.14 bits per heavy atom. The highest BCUT2D eigenvalue weighted by atomic mass is 16.5. The Hall–Kier alpha value is -1.59. The van der Waals surface area contributed by atoms with E-state index in [1.807, 2.05) is 25.1 Å². The molecular formula is C16H26N2O3. The highest BCUT2D eigenvalue weighted by molar-refractivity contribution is 5.96. The largest absolute Gasteiger partial charge is 0.395 e. The van der Waals surface area contributed by atoms with Gasteiger partial charge in [0, 0.05) is 38.0 Å². The van der Waals surface area contributed by atoms with E-state index in [1.54, 1.807) is 12.0 Å². The maximum atomic E-state index is 12.5. The lowest BCUT2D eigenvalue weighted by Crippen LogP contribution is -2.36. The van der Waals surface area contributed by atoms with Crippen LogP contribution in [0, 0.1) is 6.92 Å². The Kier molecular flexibility index (Phi) is 7.79. The van der Waals surface area contributed by atoms with Crippen molar-refractivity contribution in [2.45, 2.75) is 20.3 Å². The van der Waals surface area contributed by atoms with Gasteiger partial charge < -0.3 is 20.1 Å². The molecule has 0 saturated carbocycles. The summed E-state index contributed by atoms with van der Waals surface area (Å²) in [5.41, 5.74) is 2.62. The predicted molar refractivity (Wildman–Crippen MR) is 84.8 cm³/mol. The van der Waals surface area contributed by atoms with E-state index in [0.29, 0.717) is 25.3 Å². The predicted octanol–water partition coefficient (Wildman–Crippen LogP) is 1.90. The number of nitrogens with one attached hydrogen (secondary N) is 1. The lowest BCUT2D eigenvalue weighted by Gasteiger charge is -2.22. The lowest BCUT2D eigenvalue weighted by molar-refractivity contribution is 0.0656. The van der Waals surface area contributed by atoms with Crippen molar-refractivity contribution in [3.05, 3.63) is 29.3 Å². The van der Waals surface area contributed by atoms with Gasteiger partial charge in [-0.2, -0.15) is 0 Å². The first-order valence-electron chi connectivity index (χ1n) is 7.37. The summed E-state index contributed by atoms with van der Waals surface area (Å²) in [6.45, 7) is 6.16. The number of ether oxygens (including phenoxy) is 1. The van der Waals surface area contributed by atoms with Gasteiger partial charge in [0.1, 0.15) is 0 Å². The minimum atomic E-state index is -0.0689. The first kappa shape index (κ1) is 17.5. The van der Waals surface area contributed by atoms with Gasteiger partial charge >= 0.3 is 0 Å². The average Bonchev–Trinajstić information content (AvgIpc) is 2.48. The van der Waals surface area contributed by atoms with Crippen molar-refractivity contribution in [3.8, 4) is 0 Å². The SMILES string of the molecule is CCCNc1ccc(C(=O)N(CCO)CCOC)c(C)c1. The summed E-state index contributed by atoms with van der Waals surface area (Å²) < 4.78 is 5.01. The van der Waals surface area contributed by atoms with Crippen molar-refractivity contribution < 1.29 is 14.6 Å². The number of aliphatic hydroxyl groups excluding tert-OH is 1. The summed E-state index contributed by atoms with van der Waals surface area (Å²) >= 11 is 0. The molecule has 0 bridgehead atoms. The summed E-state index contributed by atoms with van der Waals surface area (Å²) in [6.07, 6.45) is 1.06. The van der Waals surface area contributed by atoms with E-state index in [4.69, 9.17) is 9.84 Å². The fraction of sp³-hybridized carbons (Fsp3) is 0.562. The molecule has 5 heteroatoms. The topological polar surface area (TPSA) is 61.8 Å². The van der Waals surface area contributed by atoms with E-state index < -0.39 is 0 Å². The molecule has 0 saturated heterocycles. The lowest BCUT2D eigenvalue weighted by atomic mass is 10.1. The van der Waals surface area contributed by atoms with Crippen LogP contribution in [-0.4, -0.2) is 55.9 Å². The van der Waals surface area contributed by atoms with Gasteiger partial charge in [0.25, 0.3) is 5.91 Å². The fourth-order valence-corrected chi connectivity index (χ4v) is 2.09. The molecule has 0 unspecified atom stereocenters. The Bertz CT molecular complexity index is 449. The number of carbonyl (C=O) groups excluding carboxylic acids is 1. The maximum absolute atomic E-state index is 12.5. The van der Waals surface area contributed by atoms with Gasteiger partial charge in [-0.05, 0) is 37.1 Å². The maximum Gasteiger partial charge on any atom is 0.254 e. The average molecular weight is 294 g/mol. The molecule has 0 aliphatic rings. The van der Waals surface area contributed by atoms with Gasteiger partial charge in [0.2, 0.25) is 0 Å². The van der Waals surface area contributed by atoms with Gasteiger partial charge in [0.15, 0.2) is 0 Å². The number of anilines is 1. The summed E-state index contributed by atoms with van der Waals surface area (Å²) in [6, 6.07) is 5.74. The van der Waals surface area contributed by atoms with E-state index in [1.165, 1.54) is 0 Å². The zero-order valence-electron chi connectivity index (χ0n) is 13.2. The molecule has 0 aliphatic carbocycles. The molecule has 5 nitrogen and oxygen atoms in total. The van der Waals surface area contributed by atoms with Crippen LogP contribution in [0.4, 0.5) is 5.69 Å². The number of methoxy groups -OCH3 is 1. The summed E-state index contributed by atoms with van der Waals surface area (Å²) in [5.74, 6) is -0.0689. The third-order valence-electron chi connectivity index (χ3n) is 3.26. The van der Waals surface area contributed by atoms with Crippen molar-refractivity contribution >= 4 is 11.6 Å². The zero-order valence-corrected chi connectivity index (χ0v) is 13.2. The molecule has 0 heterocycles. The molecule has 1 rings (SSSR count). The highest BCUT2D eigenvalue weighted by Crippen LogP contribution is 2.17. The number of nitrogens with zero attached hydrogens (tertiary/aromatic N) is 1. The third kappa shape index (κ3) is 5.36. The van der Waals surface area contributed by atoms with Crippen molar-refractivity contribution in [2.24, 2.45) is 0 Å². The van der Waals surface area contributed by atoms with Crippen LogP contribution in [0.5, 0.6) is 0 Å². The van der Waals surface area contributed by atoms with E-state index in [2.05, 4.69) is 12.2 Å². The monoisotopic (exact) mass is 294 g/mol. The number of hydrogen-bond donors (Lipinski definition) is 2.